The molecule has 0 aliphatic heterocycles. The number of aromatic amines is 1. The Morgan fingerprint density at radius 1 is 1.32 bits per heavy atom. The van der Waals surface area contributed by atoms with E-state index in [1.807, 2.05) is 12.1 Å². The monoisotopic (exact) mass is 352 g/mol. The normalized spacial score (nSPS) is 12.2. The molecule has 3 aromatic heterocycles. The molecule has 0 aliphatic carbocycles. The Bertz CT molecular complexity index is 1090. The van der Waals surface area contributed by atoms with Crippen LogP contribution in [-0.4, -0.2) is 22.8 Å². The fourth-order valence-electron chi connectivity index (χ4n) is 2.29. The average molecular weight is 353 g/mol. The van der Waals surface area contributed by atoms with Crippen LogP contribution in [-0.2, 0) is 10.0 Å². The summed E-state index contributed by atoms with van der Waals surface area (Å²) in [5.74, 6) is 0. The molecule has 0 amide bonds. The predicted molar refractivity (Wildman–Crippen MR) is 87.2 cm³/mol. The number of nitrogens with one attached hydrogen (secondary N) is 2. The summed E-state index contributed by atoms with van der Waals surface area (Å²) in [6.07, 6.45) is 3.42. The van der Waals surface area contributed by atoms with Gasteiger partial charge in [0, 0.05) is 23.3 Å². The standard InChI is InChI=1S/C13H9ClN4O2S2/c14-11-12(18-5-6-21-13(18)16-11)22(19,20)17-9-2-1-8-3-4-15-10(8)7-9/h1-7,15,17H. The lowest BCUT2D eigenvalue weighted by Gasteiger charge is -2.07. The molecule has 6 nitrogen and oxygen atoms in total. The third-order valence-electron chi connectivity index (χ3n) is 3.24. The SMILES string of the molecule is O=S(=O)(Nc1ccc2cc[nH]c2c1)c1c(Cl)nc2sccn12. The van der Waals surface area contributed by atoms with Crippen LogP contribution in [0.25, 0.3) is 15.9 Å². The van der Waals surface area contributed by atoms with Gasteiger partial charge in [0.2, 0.25) is 0 Å². The number of benzene rings is 1. The van der Waals surface area contributed by atoms with Crippen LogP contribution in [0.15, 0.2) is 47.1 Å². The van der Waals surface area contributed by atoms with Gasteiger partial charge in [-0.1, -0.05) is 17.7 Å². The largest absolute Gasteiger partial charge is 0.361 e. The Morgan fingerprint density at radius 2 is 2.18 bits per heavy atom. The van der Waals surface area contributed by atoms with E-state index < -0.39 is 10.0 Å². The molecule has 0 aliphatic rings. The molecule has 4 rings (SSSR count). The molecule has 0 atom stereocenters. The van der Waals surface area contributed by atoms with E-state index in [0.717, 1.165) is 10.9 Å². The molecule has 0 radical (unpaired) electrons. The molecular formula is C13H9ClN4O2S2. The summed E-state index contributed by atoms with van der Waals surface area (Å²) in [6, 6.07) is 7.18. The summed E-state index contributed by atoms with van der Waals surface area (Å²) in [4.78, 5) is 7.62. The van der Waals surface area contributed by atoms with E-state index >= 15 is 0 Å². The number of imidazole rings is 1. The second-order valence-corrected chi connectivity index (χ2v) is 7.48. The number of halogens is 1. The number of sulfonamides is 1. The van der Waals surface area contributed by atoms with Crippen LogP contribution < -0.4 is 4.72 Å². The van der Waals surface area contributed by atoms with Gasteiger partial charge in [-0.25, -0.2) is 4.98 Å². The van der Waals surface area contributed by atoms with Gasteiger partial charge in [0.1, 0.15) is 0 Å². The zero-order chi connectivity index (χ0) is 15.3. The zero-order valence-corrected chi connectivity index (χ0v) is 13.3. The van der Waals surface area contributed by atoms with Crippen LogP contribution >= 0.6 is 22.9 Å². The van der Waals surface area contributed by atoms with Gasteiger partial charge in [0.25, 0.3) is 10.0 Å². The molecular weight excluding hydrogens is 344 g/mol. The van der Waals surface area contributed by atoms with Crippen molar-refractivity contribution >= 4 is 54.5 Å². The van der Waals surface area contributed by atoms with E-state index in [9.17, 15) is 8.42 Å². The number of thiazole rings is 1. The number of H-pyrrole nitrogens is 1. The minimum atomic E-state index is -3.84. The van der Waals surface area contributed by atoms with Crippen LogP contribution in [0.1, 0.15) is 0 Å². The Kier molecular flexibility index (Phi) is 2.93. The third-order valence-corrected chi connectivity index (χ3v) is 5.78. The van der Waals surface area contributed by atoms with Crippen molar-refractivity contribution in [2.24, 2.45) is 0 Å². The van der Waals surface area contributed by atoms with Crippen LogP contribution in [0.5, 0.6) is 0 Å². The first kappa shape index (κ1) is 13.6. The molecule has 4 aromatic rings. The summed E-state index contributed by atoms with van der Waals surface area (Å²) in [5.41, 5.74) is 1.30. The minimum Gasteiger partial charge on any atom is -0.361 e. The highest BCUT2D eigenvalue weighted by Crippen LogP contribution is 2.27. The summed E-state index contributed by atoms with van der Waals surface area (Å²) in [6.45, 7) is 0. The molecule has 0 saturated heterocycles. The number of hydrogen-bond acceptors (Lipinski definition) is 4. The smallest absolute Gasteiger partial charge is 0.281 e. The summed E-state index contributed by atoms with van der Waals surface area (Å²) in [5, 5.41) is 2.66. The van der Waals surface area contributed by atoms with Crippen LogP contribution in [0.3, 0.4) is 0 Å². The van der Waals surface area contributed by atoms with E-state index in [1.165, 1.54) is 15.7 Å². The molecule has 112 valence electrons. The number of anilines is 1. The number of nitrogens with zero attached hydrogens (tertiary/aromatic N) is 2. The van der Waals surface area contributed by atoms with Gasteiger partial charge in [0.05, 0.1) is 5.69 Å². The van der Waals surface area contributed by atoms with Crippen molar-refractivity contribution in [1.29, 1.82) is 0 Å². The molecule has 2 N–H and O–H groups in total. The number of fused-ring (bicyclic) bond motifs is 2. The van der Waals surface area contributed by atoms with E-state index in [-0.39, 0.29) is 10.2 Å². The van der Waals surface area contributed by atoms with E-state index in [2.05, 4.69) is 14.7 Å². The number of rotatable bonds is 3. The Hall–Kier alpha value is -2.03. The highest BCUT2D eigenvalue weighted by molar-refractivity contribution is 7.92. The molecule has 0 bridgehead atoms. The van der Waals surface area contributed by atoms with Gasteiger partial charge in [0.15, 0.2) is 15.1 Å². The highest BCUT2D eigenvalue weighted by Gasteiger charge is 2.25. The molecule has 0 unspecified atom stereocenters. The second-order valence-electron chi connectivity index (χ2n) is 4.65. The Morgan fingerprint density at radius 3 is 3.05 bits per heavy atom. The van der Waals surface area contributed by atoms with Gasteiger partial charge in [-0.05, 0) is 23.6 Å². The molecule has 22 heavy (non-hydrogen) atoms. The molecule has 1 aromatic carbocycles. The van der Waals surface area contributed by atoms with Crippen molar-refractivity contribution in [3.63, 3.8) is 0 Å². The zero-order valence-electron chi connectivity index (χ0n) is 10.9. The molecule has 0 fully saturated rings. The Labute approximate surface area is 134 Å². The van der Waals surface area contributed by atoms with Crippen molar-refractivity contribution in [1.82, 2.24) is 14.4 Å². The quantitative estimate of drug-likeness (QED) is 0.593. The summed E-state index contributed by atoms with van der Waals surface area (Å²) in [7, 11) is -3.84. The van der Waals surface area contributed by atoms with Crippen LogP contribution in [0, 0.1) is 0 Å². The lowest BCUT2D eigenvalue weighted by Crippen LogP contribution is -2.15. The minimum absolute atomic E-state index is 0.0414. The lowest BCUT2D eigenvalue weighted by molar-refractivity contribution is 0.597. The highest BCUT2D eigenvalue weighted by atomic mass is 35.5. The van der Waals surface area contributed by atoms with Crippen LogP contribution in [0.4, 0.5) is 5.69 Å². The lowest BCUT2D eigenvalue weighted by atomic mass is 10.2. The summed E-state index contributed by atoms with van der Waals surface area (Å²) < 4.78 is 29.2. The first-order valence-electron chi connectivity index (χ1n) is 6.26. The molecule has 9 heteroatoms. The van der Waals surface area contributed by atoms with Gasteiger partial charge < -0.3 is 4.98 Å². The summed E-state index contributed by atoms with van der Waals surface area (Å²) >= 11 is 7.30. The van der Waals surface area contributed by atoms with Gasteiger partial charge in [-0.15, -0.1) is 11.3 Å². The van der Waals surface area contributed by atoms with Crippen molar-refractivity contribution in [2.75, 3.05) is 4.72 Å². The third kappa shape index (κ3) is 2.07. The molecule has 0 saturated carbocycles. The van der Waals surface area contributed by atoms with E-state index in [1.54, 1.807) is 29.9 Å². The fourth-order valence-corrected chi connectivity index (χ4v) is 4.80. The van der Waals surface area contributed by atoms with E-state index in [4.69, 9.17) is 11.6 Å². The maximum absolute atomic E-state index is 12.6. The topological polar surface area (TPSA) is 79.3 Å². The maximum Gasteiger partial charge on any atom is 0.281 e. The molecule has 3 heterocycles. The first-order valence-corrected chi connectivity index (χ1v) is 9.00. The van der Waals surface area contributed by atoms with Gasteiger partial charge in [-0.3, -0.25) is 9.12 Å². The first-order chi connectivity index (χ1) is 10.5. The van der Waals surface area contributed by atoms with Gasteiger partial charge in [-0.2, -0.15) is 8.42 Å². The number of aromatic nitrogens is 3. The Balaban J connectivity index is 1.80. The second kappa shape index (κ2) is 4.73. The van der Waals surface area contributed by atoms with Crippen molar-refractivity contribution in [3.8, 4) is 0 Å². The maximum atomic E-state index is 12.6. The fraction of sp³-hybridized carbons (Fsp3) is 0. The molecule has 0 spiro atoms. The number of hydrogen-bond donors (Lipinski definition) is 2. The van der Waals surface area contributed by atoms with Crippen molar-refractivity contribution < 1.29 is 8.42 Å². The predicted octanol–water partition coefficient (Wildman–Crippen LogP) is 3.33. The van der Waals surface area contributed by atoms with Gasteiger partial charge >= 0.3 is 0 Å². The van der Waals surface area contributed by atoms with Crippen LogP contribution in [0.2, 0.25) is 5.15 Å². The van der Waals surface area contributed by atoms with E-state index in [0.29, 0.717) is 10.6 Å². The average Bonchev–Trinajstić information content (AvgIpc) is 3.11. The van der Waals surface area contributed by atoms with Crippen molar-refractivity contribution in [3.05, 3.63) is 47.2 Å². The van der Waals surface area contributed by atoms with Crippen molar-refractivity contribution in [2.45, 2.75) is 5.03 Å².